The van der Waals surface area contributed by atoms with Crippen LogP contribution in [0.15, 0.2) is 28.4 Å². The second-order valence-electron chi connectivity index (χ2n) is 5.04. The van der Waals surface area contributed by atoms with Crippen LogP contribution in [0.1, 0.15) is 25.3 Å². The van der Waals surface area contributed by atoms with E-state index in [1.807, 2.05) is 10.8 Å². The van der Waals surface area contributed by atoms with Crippen molar-refractivity contribution < 1.29 is 8.42 Å². The van der Waals surface area contributed by atoms with Gasteiger partial charge in [0.2, 0.25) is 5.03 Å². The van der Waals surface area contributed by atoms with E-state index in [-0.39, 0.29) is 21.7 Å². The molecule has 21 heavy (non-hydrogen) atoms. The lowest BCUT2D eigenvalue weighted by molar-refractivity contribution is 0.429. The van der Waals surface area contributed by atoms with Crippen LogP contribution in [0, 0.1) is 0 Å². The molecule has 114 valence electrons. The van der Waals surface area contributed by atoms with E-state index >= 15 is 0 Å². The summed E-state index contributed by atoms with van der Waals surface area (Å²) in [5, 5.41) is 7.47. The molecule has 0 saturated heterocycles. The average molecular weight is 375 g/mol. The Bertz CT molecular complexity index is 706. The van der Waals surface area contributed by atoms with Crippen molar-refractivity contribution in [2.45, 2.75) is 36.4 Å². The van der Waals surface area contributed by atoms with E-state index in [0.717, 1.165) is 19.3 Å². The number of rotatable bonds is 4. The lowest BCUT2D eigenvalue weighted by Crippen LogP contribution is -2.38. The maximum absolute atomic E-state index is 12.5. The molecule has 0 spiro atoms. The minimum Gasteiger partial charge on any atom is -0.333 e. The van der Waals surface area contributed by atoms with Crippen molar-refractivity contribution in [3.8, 4) is 0 Å². The van der Waals surface area contributed by atoms with Crippen molar-refractivity contribution in [1.29, 1.82) is 0 Å². The number of imidazole rings is 1. The van der Waals surface area contributed by atoms with E-state index in [0.29, 0.717) is 0 Å². The number of hydrogen-bond donors (Lipinski definition) is 1. The minimum atomic E-state index is -3.68. The fraction of sp³-hybridized carbons (Fsp3) is 0.545. The van der Waals surface area contributed by atoms with Crippen LogP contribution in [0.25, 0.3) is 0 Å². The van der Waals surface area contributed by atoms with Crippen LogP contribution in [0.4, 0.5) is 0 Å². The van der Waals surface area contributed by atoms with E-state index in [4.69, 9.17) is 0 Å². The normalized spacial score (nSPS) is 22.8. The predicted molar refractivity (Wildman–Crippen MR) is 77.9 cm³/mol. The monoisotopic (exact) mass is 374 g/mol. The highest BCUT2D eigenvalue weighted by Crippen LogP contribution is 2.31. The third-order valence-electron chi connectivity index (χ3n) is 3.69. The van der Waals surface area contributed by atoms with Crippen LogP contribution in [-0.4, -0.2) is 39.0 Å². The summed E-state index contributed by atoms with van der Waals surface area (Å²) < 4.78 is 31.3. The summed E-state index contributed by atoms with van der Waals surface area (Å²) in [4.78, 5) is 4.03. The summed E-state index contributed by atoms with van der Waals surface area (Å²) in [5.74, 6) is 0. The van der Waals surface area contributed by atoms with Gasteiger partial charge in [-0.3, -0.25) is 0 Å². The summed E-state index contributed by atoms with van der Waals surface area (Å²) in [6.45, 7) is 0. The van der Waals surface area contributed by atoms with Gasteiger partial charge in [-0.2, -0.15) is 0 Å². The van der Waals surface area contributed by atoms with E-state index in [9.17, 15) is 8.42 Å². The summed E-state index contributed by atoms with van der Waals surface area (Å²) in [5.41, 5.74) is 0. The number of aromatic nitrogens is 5. The molecule has 2 aromatic rings. The Hall–Kier alpha value is -1.26. The fourth-order valence-electron chi connectivity index (χ4n) is 2.76. The van der Waals surface area contributed by atoms with Gasteiger partial charge < -0.3 is 4.57 Å². The summed E-state index contributed by atoms with van der Waals surface area (Å²) in [7, 11) is -2.13. The van der Waals surface area contributed by atoms with Crippen LogP contribution in [0.2, 0.25) is 0 Å². The Morgan fingerprint density at radius 2 is 2.24 bits per heavy atom. The van der Waals surface area contributed by atoms with Crippen molar-refractivity contribution in [2.75, 3.05) is 0 Å². The molecule has 8 nitrogen and oxygen atoms in total. The maximum Gasteiger partial charge on any atom is 0.260 e. The molecule has 2 atom stereocenters. The molecule has 2 heterocycles. The first-order valence-electron chi connectivity index (χ1n) is 6.54. The molecule has 1 aliphatic carbocycles. The lowest BCUT2D eigenvalue weighted by atomic mass is 10.2. The van der Waals surface area contributed by atoms with Gasteiger partial charge in [0.15, 0.2) is 4.60 Å². The fourth-order valence-corrected chi connectivity index (χ4v) is 5.16. The molecule has 0 radical (unpaired) electrons. The molecule has 10 heteroatoms. The Morgan fingerprint density at radius 3 is 2.86 bits per heavy atom. The van der Waals surface area contributed by atoms with Gasteiger partial charge in [-0.05, 0) is 35.2 Å². The molecule has 1 aliphatic rings. The zero-order chi connectivity index (χ0) is 15.0. The Morgan fingerprint density at radius 1 is 1.43 bits per heavy atom. The highest BCUT2D eigenvalue weighted by Gasteiger charge is 2.34. The van der Waals surface area contributed by atoms with Crippen molar-refractivity contribution in [1.82, 2.24) is 29.3 Å². The highest BCUT2D eigenvalue weighted by molar-refractivity contribution is 9.10. The van der Waals surface area contributed by atoms with Gasteiger partial charge in [-0.1, -0.05) is 5.21 Å². The second-order valence-corrected chi connectivity index (χ2v) is 7.43. The zero-order valence-electron chi connectivity index (χ0n) is 11.3. The predicted octanol–water partition coefficient (Wildman–Crippen LogP) is 0.846. The molecule has 0 amide bonds. The number of aryl methyl sites for hydroxylation is 1. The average Bonchev–Trinajstić information content (AvgIpc) is 3.10. The van der Waals surface area contributed by atoms with Crippen LogP contribution in [-0.2, 0) is 17.1 Å². The molecule has 3 rings (SSSR count). The zero-order valence-corrected chi connectivity index (χ0v) is 13.7. The van der Waals surface area contributed by atoms with Gasteiger partial charge in [0.25, 0.3) is 10.0 Å². The standard InChI is InChI=1S/C11H15BrN6O2S/c1-17-11(10(12)14-16-17)21(19,20)15-8-3-2-4-9(8)18-6-5-13-7-18/h5-9,15H,2-4H2,1H3. The van der Waals surface area contributed by atoms with E-state index in [1.165, 1.54) is 4.68 Å². The molecule has 2 aromatic heterocycles. The Labute approximate surface area is 130 Å². The van der Waals surface area contributed by atoms with Gasteiger partial charge in [0, 0.05) is 25.5 Å². The van der Waals surface area contributed by atoms with E-state index < -0.39 is 10.0 Å². The minimum absolute atomic E-state index is 0.0405. The molecule has 1 saturated carbocycles. The molecule has 0 aromatic carbocycles. The lowest BCUT2D eigenvalue weighted by Gasteiger charge is -2.21. The van der Waals surface area contributed by atoms with Gasteiger partial charge in [0.05, 0.1) is 12.4 Å². The molecule has 2 unspecified atom stereocenters. The number of halogens is 1. The van der Waals surface area contributed by atoms with Crippen molar-refractivity contribution in [3.63, 3.8) is 0 Å². The molecular weight excluding hydrogens is 360 g/mol. The SMILES string of the molecule is Cn1nnc(Br)c1S(=O)(=O)NC1CCCC1n1ccnc1. The van der Waals surface area contributed by atoms with Crippen LogP contribution in [0.5, 0.6) is 0 Å². The Balaban J connectivity index is 1.86. The van der Waals surface area contributed by atoms with Gasteiger partial charge in [0.1, 0.15) is 0 Å². The van der Waals surface area contributed by atoms with Crippen LogP contribution >= 0.6 is 15.9 Å². The number of sulfonamides is 1. The number of hydrogen-bond acceptors (Lipinski definition) is 5. The van der Waals surface area contributed by atoms with Gasteiger partial charge >= 0.3 is 0 Å². The first-order chi connectivity index (χ1) is 9.99. The molecule has 1 fully saturated rings. The van der Waals surface area contributed by atoms with E-state index in [1.54, 1.807) is 19.6 Å². The van der Waals surface area contributed by atoms with Gasteiger partial charge in [-0.25, -0.2) is 22.8 Å². The topological polar surface area (TPSA) is 94.7 Å². The molecule has 0 aliphatic heterocycles. The Kier molecular flexibility index (Phi) is 3.84. The maximum atomic E-state index is 12.5. The first kappa shape index (κ1) is 14.7. The summed E-state index contributed by atoms with van der Waals surface area (Å²) in [6.07, 6.45) is 7.98. The molecule has 0 bridgehead atoms. The molecule has 1 N–H and O–H groups in total. The highest BCUT2D eigenvalue weighted by atomic mass is 79.9. The first-order valence-corrected chi connectivity index (χ1v) is 8.81. The summed E-state index contributed by atoms with van der Waals surface area (Å²) in [6, 6.07) is -0.0757. The quantitative estimate of drug-likeness (QED) is 0.855. The van der Waals surface area contributed by atoms with Crippen LogP contribution < -0.4 is 4.72 Å². The summed E-state index contributed by atoms with van der Waals surface area (Å²) >= 11 is 3.13. The van der Waals surface area contributed by atoms with E-state index in [2.05, 4.69) is 35.9 Å². The third kappa shape index (κ3) is 2.74. The second kappa shape index (κ2) is 5.50. The largest absolute Gasteiger partial charge is 0.333 e. The number of nitrogens with one attached hydrogen (secondary N) is 1. The van der Waals surface area contributed by atoms with Crippen LogP contribution in [0.3, 0.4) is 0 Å². The van der Waals surface area contributed by atoms with Crippen molar-refractivity contribution in [3.05, 3.63) is 23.3 Å². The third-order valence-corrected chi connectivity index (χ3v) is 6.06. The van der Waals surface area contributed by atoms with Crippen molar-refractivity contribution >= 4 is 26.0 Å². The molecular formula is C11H15BrN6O2S. The smallest absolute Gasteiger partial charge is 0.260 e. The van der Waals surface area contributed by atoms with Gasteiger partial charge in [-0.15, -0.1) is 5.10 Å². The van der Waals surface area contributed by atoms with Crippen molar-refractivity contribution in [2.24, 2.45) is 7.05 Å². The number of nitrogens with zero attached hydrogens (tertiary/aromatic N) is 5.